The van der Waals surface area contributed by atoms with Crippen LogP contribution in [0.5, 0.6) is 0 Å². The van der Waals surface area contributed by atoms with Crippen molar-refractivity contribution in [3.8, 4) is 0 Å². The van der Waals surface area contributed by atoms with Crippen molar-refractivity contribution < 1.29 is 0 Å². The van der Waals surface area contributed by atoms with E-state index in [0.29, 0.717) is 0 Å². The maximum atomic E-state index is 2.47. The zero-order valence-electron chi connectivity index (χ0n) is 13.8. The lowest BCUT2D eigenvalue weighted by atomic mass is 9.85. The molecule has 3 unspecified atom stereocenters. The average molecular weight is 255 g/mol. The van der Waals surface area contributed by atoms with Crippen LogP contribution >= 0.6 is 0 Å². The lowest BCUT2D eigenvalue weighted by molar-refractivity contribution is 0.303. The van der Waals surface area contributed by atoms with Crippen LogP contribution in [0, 0.1) is 17.8 Å². The van der Waals surface area contributed by atoms with Gasteiger partial charge in [0.25, 0.3) is 0 Å². The molecule has 0 aliphatic carbocycles. The van der Waals surface area contributed by atoms with Crippen molar-refractivity contribution in [1.82, 2.24) is 0 Å². The van der Waals surface area contributed by atoms with Gasteiger partial charge in [0.1, 0.15) is 0 Å². The first-order valence-electron chi connectivity index (χ1n) is 8.61. The normalized spacial score (nSPS) is 16.5. The average Bonchev–Trinajstić information content (AvgIpc) is 2.38. The van der Waals surface area contributed by atoms with Crippen molar-refractivity contribution in [2.24, 2.45) is 17.8 Å². The molecule has 0 rings (SSSR count). The first kappa shape index (κ1) is 18.0. The third-order valence-corrected chi connectivity index (χ3v) is 4.65. The Balaban J connectivity index is 3.57. The topological polar surface area (TPSA) is 0 Å². The Hall–Kier alpha value is 0. The van der Waals surface area contributed by atoms with E-state index in [0.717, 1.165) is 17.8 Å². The highest BCUT2D eigenvalue weighted by molar-refractivity contribution is 4.65. The molecule has 0 bridgehead atoms. The summed E-state index contributed by atoms with van der Waals surface area (Å²) >= 11 is 0. The van der Waals surface area contributed by atoms with Crippen LogP contribution in [0.15, 0.2) is 0 Å². The summed E-state index contributed by atoms with van der Waals surface area (Å²) in [7, 11) is 0. The zero-order valence-corrected chi connectivity index (χ0v) is 13.8. The number of hydrogen-bond donors (Lipinski definition) is 0. The maximum absolute atomic E-state index is 2.47. The minimum absolute atomic E-state index is 0.927. The fourth-order valence-corrected chi connectivity index (χ4v) is 2.71. The van der Waals surface area contributed by atoms with Gasteiger partial charge in [0.05, 0.1) is 0 Å². The predicted octanol–water partition coefficient (Wildman–Crippen LogP) is 6.84. The van der Waals surface area contributed by atoms with Crippen LogP contribution in [-0.2, 0) is 0 Å². The number of hydrogen-bond acceptors (Lipinski definition) is 0. The van der Waals surface area contributed by atoms with Crippen LogP contribution in [0.1, 0.15) is 98.8 Å². The molecular weight excluding hydrogens is 216 g/mol. The quantitative estimate of drug-likeness (QED) is 0.335. The van der Waals surface area contributed by atoms with Gasteiger partial charge in [-0.15, -0.1) is 0 Å². The predicted molar refractivity (Wildman–Crippen MR) is 85.0 cm³/mol. The minimum Gasteiger partial charge on any atom is -0.0654 e. The van der Waals surface area contributed by atoms with Gasteiger partial charge in [0, 0.05) is 0 Å². The van der Waals surface area contributed by atoms with E-state index in [1.165, 1.54) is 64.2 Å². The van der Waals surface area contributed by atoms with Crippen molar-refractivity contribution >= 4 is 0 Å². The SMILES string of the molecule is CCCCCCC(C)C(C)CCC(C)CCCC. The van der Waals surface area contributed by atoms with Crippen molar-refractivity contribution in [1.29, 1.82) is 0 Å². The molecule has 0 aromatic rings. The molecule has 3 atom stereocenters. The highest BCUT2D eigenvalue weighted by Crippen LogP contribution is 2.25. The summed E-state index contributed by atoms with van der Waals surface area (Å²) in [4.78, 5) is 0. The monoisotopic (exact) mass is 254 g/mol. The van der Waals surface area contributed by atoms with Gasteiger partial charge >= 0.3 is 0 Å². The largest absolute Gasteiger partial charge is 0.0654 e. The van der Waals surface area contributed by atoms with Gasteiger partial charge in [-0.25, -0.2) is 0 Å². The molecule has 0 heterocycles. The fourth-order valence-electron chi connectivity index (χ4n) is 2.71. The number of unbranched alkanes of at least 4 members (excludes halogenated alkanes) is 4. The molecule has 0 aliphatic rings. The Morgan fingerprint density at radius 2 is 1.17 bits per heavy atom. The Morgan fingerprint density at radius 3 is 1.78 bits per heavy atom. The van der Waals surface area contributed by atoms with Crippen molar-refractivity contribution in [3.63, 3.8) is 0 Å². The standard InChI is InChI=1S/C18H38/c1-6-8-10-11-13-17(4)18(5)15-14-16(3)12-9-7-2/h16-18H,6-15H2,1-5H3. The van der Waals surface area contributed by atoms with Crippen LogP contribution in [0.3, 0.4) is 0 Å². The molecule has 18 heavy (non-hydrogen) atoms. The molecule has 0 amide bonds. The fraction of sp³-hybridized carbons (Fsp3) is 1.00. The molecule has 0 aromatic carbocycles. The van der Waals surface area contributed by atoms with Gasteiger partial charge in [-0.3, -0.25) is 0 Å². The highest BCUT2D eigenvalue weighted by atomic mass is 14.2. The van der Waals surface area contributed by atoms with E-state index >= 15 is 0 Å². The van der Waals surface area contributed by atoms with Crippen molar-refractivity contribution in [2.75, 3.05) is 0 Å². The van der Waals surface area contributed by atoms with Gasteiger partial charge in [-0.2, -0.15) is 0 Å². The van der Waals surface area contributed by atoms with Crippen LogP contribution in [0.2, 0.25) is 0 Å². The summed E-state index contributed by atoms with van der Waals surface area (Å²) in [6, 6.07) is 0. The second-order valence-electron chi connectivity index (χ2n) is 6.63. The molecule has 0 spiro atoms. The molecule has 110 valence electrons. The highest BCUT2D eigenvalue weighted by Gasteiger charge is 2.13. The summed E-state index contributed by atoms with van der Waals surface area (Å²) < 4.78 is 0. The smallest absolute Gasteiger partial charge is 0.0417 e. The molecule has 0 heteroatoms. The van der Waals surface area contributed by atoms with Crippen LogP contribution in [0.25, 0.3) is 0 Å². The van der Waals surface area contributed by atoms with E-state index in [2.05, 4.69) is 34.6 Å². The molecular formula is C18H38. The second kappa shape index (κ2) is 12.1. The first-order chi connectivity index (χ1) is 8.61. The summed E-state index contributed by atoms with van der Waals surface area (Å²) in [6.07, 6.45) is 14.2. The summed E-state index contributed by atoms with van der Waals surface area (Å²) in [6.45, 7) is 12.0. The molecule has 0 nitrogen and oxygen atoms in total. The van der Waals surface area contributed by atoms with Gasteiger partial charge in [0.15, 0.2) is 0 Å². The molecule has 0 fully saturated rings. The molecule has 0 N–H and O–H groups in total. The summed E-state index contributed by atoms with van der Waals surface area (Å²) in [5, 5.41) is 0. The van der Waals surface area contributed by atoms with Crippen LogP contribution < -0.4 is 0 Å². The van der Waals surface area contributed by atoms with E-state index in [9.17, 15) is 0 Å². The van der Waals surface area contributed by atoms with Crippen molar-refractivity contribution in [3.05, 3.63) is 0 Å². The van der Waals surface area contributed by atoms with Crippen LogP contribution in [-0.4, -0.2) is 0 Å². The van der Waals surface area contributed by atoms with E-state index < -0.39 is 0 Å². The van der Waals surface area contributed by atoms with Gasteiger partial charge < -0.3 is 0 Å². The summed E-state index contributed by atoms with van der Waals surface area (Å²) in [5.41, 5.74) is 0. The lowest BCUT2D eigenvalue weighted by Gasteiger charge is -2.21. The van der Waals surface area contributed by atoms with Gasteiger partial charge in [-0.05, 0) is 17.8 Å². The third-order valence-electron chi connectivity index (χ3n) is 4.65. The molecule has 0 saturated carbocycles. The van der Waals surface area contributed by atoms with E-state index in [1.807, 2.05) is 0 Å². The zero-order chi connectivity index (χ0) is 13.8. The van der Waals surface area contributed by atoms with E-state index in [1.54, 1.807) is 0 Å². The lowest BCUT2D eigenvalue weighted by Crippen LogP contribution is -2.10. The maximum Gasteiger partial charge on any atom is -0.0417 e. The first-order valence-corrected chi connectivity index (χ1v) is 8.61. The molecule has 0 aliphatic heterocycles. The Labute approximate surface area is 117 Å². The van der Waals surface area contributed by atoms with Crippen LogP contribution in [0.4, 0.5) is 0 Å². The van der Waals surface area contributed by atoms with E-state index in [-0.39, 0.29) is 0 Å². The molecule has 0 aromatic heterocycles. The molecule has 0 saturated heterocycles. The van der Waals surface area contributed by atoms with Gasteiger partial charge in [-0.1, -0.05) is 98.8 Å². The van der Waals surface area contributed by atoms with E-state index in [4.69, 9.17) is 0 Å². The second-order valence-corrected chi connectivity index (χ2v) is 6.63. The Bertz CT molecular complexity index is 161. The third kappa shape index (κ3) is 9.97. The van der Waals surface area contributed by atoms with Crippen molar-refractivity contribution in [2.45, 2.75) is 98.8 Å². The number of rotatable bonds is 12. The minimum atomic E-state index is 0.927. The Morgan fingerprint density at radius 1 is 0.556 bits per heavy atom. The van der Waals surface area contributed by atoms with Gasteiger partial charge in [0.2, 0.25) is 0 Å². The molecule has 0 radical (unpaired) electrons. The Kier molecular flexibility index (Phi) is 12.1. The summed E-state index contributed by atoms with van der Waals surface area (Å²) in [5.74, 6) is 2.80.